The second-order valence-corrected chi connectivity index (χ2v) is 9.44. The summed E-state index contributed by atoms with van der Waals surface area (Å²) in [4.78, 5) is 30.6. The van der Waals surface area contributed by atoms with E-state index in [1.54, 1.807) is 24.5 Å². The summed E-state index contributed by atoms with van der Waals surface area (Å²) in [7, 11) is 0. The molecule has 2 aromatic heterocycles. The van der Waals surface area contributed by atoms with Gasteiger partial charge in [0.25, 0.3) is 11.8 Å². The van der Waals surface area contributed by atoms with Crippen LogP contribution >= 0.6 is 0 Å². The fourth-order valence-electron chi connectivity index (χ4n) is 4.60. The fourth-order valence-corrected chi connectivity index (χ4v) is 4.60. The molecule has 2 amide bonds. The van der Waals surface area contributed by atoms with Crippen LogP contribution < -0.4 is 10.6 Å². The molecule has 36 heavy (non-hydrogen) atoms. The zero-order chi connectivity index (χ0) is 25.1. The summed E-state index contributed by atoms with van der Waals surface area (Å²) in [5.74, 6) is 0.640. The lowest BCUT2D eigenvalue weighted by atomic mass is 9.93. The van der Waals surface area contributed by atoms with Gasteiger partial charge in [-0.2, -0.15) is 0 Å². The molecule has 0 radical (unpaired) electrons. The largest absolute Gasteiger partial charge is 0.467 e. The number of benzene rings is 2. The molecule has 0 saturated carbocycles. The zero-order valence-electron chi connectivity index (χ0n) is 20.5. The number of nitrogens with one attached hydrogen (secondary N) is 2. The molecule has 6 heteroatoms. The van der Waals surface area contributed by atoms with Gasteiger partial charge in [0.1, 0.15) is 5.76 Å². The fraction of sp³-hybridized carbons (Fsp3) is 0.233. The van der Waals surface area contributed by atoms with Crippen molar-refractivity contribution in [1.82, 2.24) is 15.6 Å². The summed E-state index contributed by atoms with van der Waals surface area (Å²) in [5, 5.41) is 5.98. The Labute approximate surface area is 210 Å². The van der Waals surface area contributed by atoms with Crippen molar-refractivity contribution in [2.75, 3.05) is 0 Å². The van der Waals surface area contributed by atoms with Crippen LogP contribution in [-0.2, 0) is 19.4 Å². The molecule has 5 rings (SSSR count). The van der Waals surface area contributed by atoms with Gasteiger partial charge in [-0.05, 0) is 65.8 Å². The number of hydrogen-bond donors (Lipinski definition) is 2. The first-order chi connectivity index (χ1) is 17.5. The van der Waals surface area contributed by atoms with Crippen molar-refractivity contribution < 1.29 is 14.0 Å². The van der Waals surface area contributed by atoms with Crippen LogP contribution in [0, 0.1) is 5.92 Å². The van der Waals surface area contributed by atoms with Gasteiger partial charge in [-0.1, -0.05) is 56.3 Å². The Bertz CT molecular complexity index is 1360. The molecule has 3 heterocycles. The number of rotatable bonds is 8. The number of fused-ring (bicyclic) bond motifs is 1. The average Bonchev–Trinajstić information content (AvgIpc) is 3.54. The average molecular weight is 480 g/mol. The Hall–Kier alpha value is -4.19. The topological polar surface area (TPSA) is 84.2 Å². The molecule has 1 unspecified atom stereocenters. The minimum Gasteiger partial charge on any atom is -0.467 e. The highest BCUT2D eigenvalue weighted by Gasteiger charge is 2.35. The lowest BCUT2D eigenvalue weighted by molar-refractivity contribution is 0.0940. The van der Waals surface area contributed by atoms with Gasteiger partial charge < -0.3 is 15.1 Å². The Kier molecular flexibility index (Phi) is 6.67. The summed E-state index contributed by atoms with van der Waals surface area (Å²) >= 11 is 0. The third kappa shape index (κ3) is 4.93. The molecule has 0 bridgehead atoms. The predicted octanol–water partition coefficient (Wildman–Crippen LogP) is 5.50. The highest BCUT2D eigenvalue weighted by Crippen LogP contribution is 2.36. The van der Waals surface area contributed by atoms with E-state index in [2.05, 4.69) is 36.6 Å². The van der Waals surface area contributed by atoms with Crippen molar-refractivity contribution in [2.45, 2.75) is 39.3 Å². The van der Waals surface area contributed by atoms with Gasteiger partial charge in [-0.3, -0.25) is 14.6 Å². The van der Waals surface area contributed by atoms with Gasteiger partial charge in [0.2, 0.25) is 0 Å². The smallest absolute Gasteiger partial charge is 0.254 e. The maximum atomic E-state index is 13.0. The van der Waals surface area contributed by atoms with Crippen molar-refractivity contribution in [3.63, 3.8) is 0 Å². The maximum Gasteiger partial charge on any atom is 0.254 e. The van der Waals surface area contributed by atoms with E-state index < -0.39 is 0 Å². The van der Waals surface area contributed by atoms with E-state index in [1.807, 2.05) is 42.5 Å². The maximum absolute atomic E-state index is 13.0. The Morgan fingerprint density at radius 2 is 1.81 bits per heavy atom. The molecular formula is C30H29N3O3. The van der Waals surface area contributed by atoms with Gasteiger partial charge >= 0.3 is 0 Å². The van der Waals surface area contributed by atoms with Crippen LogP contribution in [0.5, 0.6) is 0 Å². The molecule has 1 aliphatic heterocycles. The van der Waals surface area contributed by atoms with E-state index in [4.69, 9.17) is 9.40 Å². The van der Waals surface area contributed by atoms with Crippen molar-refractivity contribution in [2.24, 2.45) is 5.92 Å². The number of nitrogens with zero attached hydrogens (tertiary/aromatic N) is 1. The number of furan rings is 1. The summed E-state index contributed by atoms with van der Waals surface area (Å²) < 4.78 is 5.28. The van der Waals surface area contributed by atoms with Crippen LogP contribution in [0.3, 0.4) is 0 Å². The van der Waals surface area contributed by atoms with Gasteiger partial charge in [0.15, 0.2) is 0 Å². The van der Waals surface area contributed by atoms with E-state index in [0.717, 1.165) is 35.4 Å². The number of amides is 2. The number of aromatic nitrogens is 1. The number of carbonyl (C=O) groups is 2. The van der Waals surface area contributed by atoms with Crippen molar-refractivity contribution in [3.8, 4) is 11.1 Å². The third-order valence-electron chi connectivity index (χ3n) is 6.55. The van der Waals surface area contributed by atoms with Gasteiger partial charge in [0.05, 0.1) is 30.1 Å². The molecule has 0 aliphatic carbocycles. The Morgan fingerprint density at radius 3 is 2.50 bits per heavy atom. The van der Waals surface area contributed by atoms with E-state index in [0.29, 0.717) is 23.4 Å². The molecule has 0 fully saturated rings. The molecule has 6 nitrogen and oxygen atoms in total. The standard InChI is InChI=1S/C30H29N3O3/c1-19(2)27-28-26(30(35)33-27)25(17-23(32-28)15-10-20-7-4-3-5-8-20)21-11-13-22(14-12-21)29(34)31-18-24-9-6-16-36-24/h3-9,11-14,16-17,19,27H,10,15,18H2,1-2H3,(H,31,34)(H,33,35). The third-order valence-corrected chi connectivity index (χ3v) is 6.55. The SMILES string of the molecule is CC(C)C1NC(=O)c2c(-c3ccc(C(=O)NCc4ccco4)cc3)cc(CCc3ccccc3)nc21. The summed E-state index contributed by atoms with van der Waals surface area (Å²) in [5.41, 5.74) is 5.94. The number of aryl methyl sites for hydroxylation is 2. The molecule has 1 atom stereocenters. The molecule has 1 aliphatic rings. The summed E-state index contributed by atoms with van der Waals surface area (Å²) in [6, 6.07) is 23.2. The van der Waals surface area contributed by atoms with E-state index in [9.17, 15) is 9.59 Å². The second kappa shape index (κ2) is 10.2. The second-order valence-electron chi connectivity index (χ2n) is 9.44. The first-order valence-corrected chi connectivity index (χ1v) is 12.3. The van der Waals surface area contributed by atoms with E-state index in [-0.39, 0.29) is 23.8 Å². The Morgan fingerprint density at radius 1 is 1.03 bits per heavy atom. The normalized spacial score (nSPS) is 14.5. The lowest BCUT2D eigenvalue weighted by Crippen LogP contribution is -2.23. The molecule has 0 spiro atoms. The molecule has 4 aromatic rings. The number of pyridine rings is 1. The quantitative estimate of drug-likeness (QED) is 0.350. The van der Waals surface area contributed by atoms with Gasteiger partial charge in [-0.25, -0.2) is 0 Å². The van der Waals surface area contributed by atoms with Crippen molar-refractivity contribution in [3.05, 3.63) is 113 Å². The van der Waals surface area contributed by atoms with Crippen molar-refractivity contribution >= 4 is 11.8 Å². The highest BCUT2D eigenvalue weighted by atomic mass is 16.3. The van der Waals surface area contributed by atoms with Crippen LogP contribution in [0.4, 0.5) is 0 Å². The molecule has 182 valence electrons. The van der Waals surface area contributed by atoms with E-state index >= 15 is 0 Å². The van der Waals surface area contributed by atoms with E-state index in [1.165, 1.54) is 5.56 Å². The summed E-state index contributed by atoms with van der Waals surface area (Å²) in [6.07, 6.45) is 3.22. The summed E-state index contributed by atoms with van der Waals surface area (Å²) in [6.45, 7) is 4.51. The van der Waals surface area contributed by atoms with Crippen LogP contribution in [-0.4, -0.2) is 16.8 Å². The Balaban J connectivity index is 1.44. The zero-order valence-corrected chi connectivity index (χ0v) is 20.5. The molecule has 2 N–H and O–H groups in total. The van der Waals surface area contributed by atoms with Crippen LogP contribution in [0.15, 0.2) is 83.5 Å². The van der Waals surface area contributed by atoms with Crippen molar-refractivity contribution in [1.29, 1.82) is 0 Å². The van der Waals surface area contributed by atoms with Gasteiger partial charge in [-0.15, -0.1) is 0 Å². The molecular weight excluding hydrogens is 450 g/mol. The van der Waals surface area contributed by atoms with Crippen LogP contribution in [0.1, 0.15) is 63.3 Å². The number of hydrogen-bond acceptors (Lipinski definition) is 4. The minimum atomic E-state index is -0.181. The lowest BCUT2D eigenvalue weighted by Gasteiger charge is -2.16. The minimum absolute atomic E-state index is 0.0962. The highest BCUT2D eigenvalue weighted by molar-refractivity contribution is 6.05. The first-order valence-electron chi connectivity index (χ1n) is 12.3. The number of carbonyl (C=O) groups excluding carboxylic acids is 2. The predicted molar refractivity (Wildman–Crippen MR) is 138 cm³/mol. The van der Waals surface area contributed by atoms with Crippen LogP contribution in [0.2, 0.25) is 0 Å². The van der Waals surface area contributed by atoms with Gasteiger partial charge in [0, 0.05) is 11.3 Å². The molecule has 2 aromatic carbocycles. The monoisotopic (exact) mass is 479 g/mol. The first kappa shape index (κ1) is 23.5. The van der Waals surface area contributed by atoms with Crippen LogP contribution in [0.25, 0.3) is 11.1 Å². The molecule has 0 saturated heterocycles.